The first-order valence-corrected chi connectivity index (χ1v) is 3.91. The Hall–Kier alpha value is -1.44. The maximum absolute atomic E-state index is 4.19. The molecule has 0 fully saturated rings. The lowest BCUT2D eigenvalue weighted by Gasteiger charge is -1.95. The average Bonchev–Trinajstić information content (AvgIpc) is 2.15. The van der Waals surface area contributed by atoms with Gasteiger partial charge in [-0.2, -0.15) is 0 Å². The van der Waals surface area contributed by atoms with Crippen molar-refractivity contribution in [1.29, 1.82) is 0 Å². The summed E-state index contributed by atoms with van der Waals surface area (Å²) in [5.41, 5.74) is 1.87. The molecule has 0 spiro atoms. The van der Waals surface area contributed by atoms with Crippen LogP contribution in [0.25, 0.3) is 0 Å². The smallest absolute Gasteiger partial charge is 0.0841 e. The van der Waals surface area contributed by atoms with E-state index in [1.807, 2.05) is 38.1 Å². The first-order valence-electron chi connectivity index (χ1n) is 3.91. The Balaban J connectivity index is 2.85. The first-order chi connectivity index (χ1) is 5.84. The van der Waals surface area contributed by atoms with Crippen molar-refractivity contribution in [2.45, 2.75) is 13.8 Å². The van der Waals surface area contributed by atoms with Crippen LogP contribution >= 0.6 is 0 Å². The Kier molecular flexibility index (Phi) is 3.20. The summed E-state index contributed by atoms with van der Waals surface area (Å²) in [4.78, 5) is 8.35. The quantitative estimate of drug-likeness (QED) is 0.610. The predicted molar refractivity (Wildman–Crippen MR) is 51.3 cm³/mol. The molecular formula is C10H12N2. The fourth-order valence-electron chi connectivity index (χ4n) is 0.829. The molecule has 1 aromatic heterocycles. The van der Waals surface area contributed by atoms with Crippen LogP contribution in [-0.2, 0) is 0 Å². The van der Waals surface area contributed by atoms with Crippen LogP contribution in [0.3, 0.4) is 0 Å². The second-order valence-corrected chi connectivity index (χ2v) is 2.41. The second kappa shape index (κ2) is 4.44. The SMILES string of the molecule is C/C=C/N=C(C)c1ccccn1. The minimum Gasteiger partial charge on any atom is -0.260 e. The highest BCUT2D eigenvalue weighted by Gasteiger charge is 1.93. The minimum atomic E-state index is 0.926. The molecule has 2 nitrogen and oxygen atoms in total. The van der Waals surface area contributed by atoms with Crippen LogP contribution in [0.4, 0.5) is 0 Å². The third kappa shape index (κ3) is 2.31. The highest BCUT2D eigenvalue weighted by atomic mass is 14.8. The van der Waals surface area contributed by atoms with Crippen LogP contribution in [0.15, 0.2) is 41.7 Å². The second-order valence-electron chi connectivity index (χ2n) is 2.41. The lowest BCUT2D eigenvalue weighted by molar-refractivity contribution is 1.28. The first kappa shape index (κ1) is 8.65. The molecule has 1 rings (SSSR count). The van der Waals surface area contributed by atoms with Gasteiger partial charge in [0.15, 0.2) is 0 Å². The van der Waals surface area contributed by atoms with E-state index in [2.05, 4.69) is 9.98 Å². The zero-order valence-corrected chi connectivity index (χ0v) is 7.36. The summed E-state index contributed by atoms with van der Waals surface area (Å²) >= 11 is 0. The number of hydrogen-bond acceptors (Lipinski definition) is 2. The van der Waals surface area contributed by atoms with Crippen molar-refractivity contribution >= 4 is 5.71 Å². The Morgan fingerprint density at radius 1 is 1.50 bits per heavy atom. The molecule has 12 heavy (non-hydrogen) atoms. The number of nitrogens with zero attached hydrogens (tertiary/aromatic N) is 2. The molecule has 0 amide bonds. The molecule has 62 valence electrons. The van der Waals surface area contributed by atoms with Gasteiger partial charge in [-0.3, -0.25) is 9.98 Å². The Labute approximate surface area is 72.7 Å². The molecule has 0 unspecified atom stereocenters. The molecular weight excluding hydrogens is 148 g/mol. The van der Waals surface area contributed by atoms with Crippen LogP contribution in [0.5, 0.6) is 0 Å². The summed E-state index contributed by atoms with van der Waals surface area (Å²) in [7, 11) is 0. The Morgan fingerprint density at radius 2 is 2.33 bits per heavy atom. The van der Waals surface area contributed by atoms with Crippen LogP contribution < -0.4 is 0 Å². The van der Waals surface area contributed by atoms with E-state index < -0.39 is 0 Å². The number of rotatable bonds is 2. The summed E-state index contributed by atoms with van der Waals surface area (Å²) in [6.07, 6.45) is 5.43. The fourth-order valence-corrected chi connectivity index (χ4v) is 0.829. The highest BCUT2D eigenvalue weighted by molar-refractivity contribution is 5.97. The van der Waals surface area contributed by atoms with Gasteiger partial charge in [-0.25, -0.2) is 0 Å². The van der Waals surface area contributed by atoms with Gasteiger partial charge in [0.05, 0.1) is 11.4 Å². The normalized spacial score (nSPS) is 12.3. The molecule has 0 aliphatic heterocycles. The molecule has 0 N–H and O–H groups in total. The van der Waals surface area contributed by atoms with E-state index in [4.69, 9.17) is 0 Å². The number of pyridine rings is 1. The Morgan fingerprint density at radius 3 is 2.92 bits per heavy atom. The van der Waals surface area contributed by atoms with Crippen LogP contribution in [0, 0.1) is 0 Å². The molecule has 2 heteroatoms. The highest BCUT2D eigenvalue weighted by Crippen LogP contribution is 1.96. The molecule has 0 bridgehead atoms. The van der Waals surface area contributed by atoms with E-state index in [-0.39, 0.29) is 0 Å². The van der Waals surface area contributed by atoms with Gasteiger partial charge >= 0.3 is 0 Å². The summed E-state index contributed by atoms with van der Waals surface area (Å²) in [5, 5.41) is 0. The van der Waals surface area contributed by atoms with Gasteiger partial charge in [0.1, 0.15) is 0 Å². The molecule has 0 radical (unpaired) electrons. The van der Waals surface area contributed by atoms with E-state index >= 15 is 0 Å². The molecule has 0 atom stereocenters. The number of hydrogen-bond donors (Lipinski definition) is 0. The molecule has 0 saturated carbocycles. The molecule has 0 aromatic carbocycles. The summed E-state index contributed by atoms with van der Waals surface area (Å²) in [6.45, 7) is 3.89. The van der Waals surface area contributed by atoms with Crippen molar-refractivity contribution in [3.05, 3.63) is 42.4 Å². The summed E-state index contributed by atoms with van der Waals surface area (Å²) < 4.78 is 0. The monoisotopic (exact) mass is 160 g/mol. The van der Waals surface area contributed by atoms with E-state index in [9.17, 15) is 0 Å². The maximum Gasteiger partial charge on any atom is 0.0841 e. The van der Waals surface area contributed by atoms with E-state index in [0.29, 0.717) is 0 Å². The summed E-state index contributed by atoms with van der Waals surface area (Å²) in [6, 6.07) is 5.80. The van der Waals surface area contributed by atoms with Crippen molar-refractivity contribution < 1.29 is 0 Å². The minimum absolute atomic E-state index is 0.926. The van der Waals surface area contributed by atoms with Crippen LogP contribution in [0.1, 0.15) is 19.5 Å². The van der Waals surface area contributed by atoms with Crippen molar-refractivity contribution in [2.75, 3.05) is 0 Å². The number of aromatic nitrogens is 1. The third-order valence-corrected chi connectivity index (χ3v) is 1.45. The van der Waals surface area contributed by atoms with Gasteiger partial charge in [0, 0.05) is 12.4 Å². The predicted octanol–water partition coefficient (Wildman–Crippen LogP) is 2.42. The molecule has 1 aromatic rings. The van der Waals surface area contributed by atoms with Crippen molar-refractivity contribution in [3.8, 4) is 0 Å². The van der Waals surface area contributed by atoms with E-state index in [1.165, 1.54) is 0 Å². The number of aliphatic imine (C=N–C) groups is 1. The van der Waals surface area contributed by atoms with Gasteiger partial charge in [-0.1, -0.05) is 12.1 Å². The Bertz CT molecular complexity index is 286. The topological polar surface area (TPSA) is 25.2 Å². The van der Waals surface area contributed by atoms with Crippen LogP contribution in [0.2, 0.25) is 0 Å². The maximum atomic E-state index is 4.19. The largest absolute Gasteiger partial charge is 0.260 e. The van der Waals surface area contributed by atoms with Gasteiger partial charge in [-0.15, -0.1) is 0 Å². The van der Waals surface area contributed by atoms with E-state index in [0.717, 1.165) is 11.4 Å². The van der Waals surface area contributed by atoms with Gasteiger partial charge < -0.3 is 0 Å². The standard InChI is InChI=1S/C10H12N2/c1-3-7-11-9(2)10-6-4-5-8-12-10/h3-8H,1-2H3/b7-3+,11-9?. The zero-order chi connectivity index (χ0) is 8.81. The van der Waals surface area contributed by atoms with Crippen molar-refractivity contribution in [3.63, 3.8) is 0 Å². The fraction of sp³-hybridized carbons (Fsp3) is 0.200. The zero-order valence-electron chi connectivity index (χ0n) is 7.36. The third-order valence-electron chi connectivity index (χ3n) is 1.45. The van der Waals surface area contributed by atoms with Crippen molar-refractivity contribution in [2.24, 2.45) is 4.99 Å². The van der Waals surface area contributed by atoms with Crippen LogP contribution in [-0.4, -0.2) is 10.7 Å². The van der Waals surface area contributed by atoms with E-state index in [1.54, 1.807) is 12.4 Å². The van der Waals surface area contributed by atoms with Crippen molar-refractivity contribution in [1.82, 2.24) is 4.98 Å². The number of allylic oxidation sites excluding steroid dienone is 1. The average molecular weight is 160 g/mol. The molecule has 1 heterocycles. The molecule has 0 aliphatic carbocycles. The lowest BCUT2D eigenvalue weighted by Crippen LogP contribution is -1.95. The van der Waals surface area contributed by atoms with Gasteiger partial charge in [0.25, 0.3) is 0 Å². The summed E-state index contributed by atoms with van der Waals surface area (Å²) in [5.74, 6) is 0. The lowest BCUT2D eigenvalue weighted by atomic mass is 10.2. The molecule has 0 aliphatic rings. The van der Waals surface area contributed by atoms with Gasteiger partial charge in [-0.05, 0) is 26.0 Å². The van der Waals surface area contributed by atoms with Gasteiger partial charge in [0.2, 0.25) is 0 Å². The molecule has 0 saturated heterocycles.